The number of hydrogen-bond donors (Lipinski definition) is 1. The average Bonchev–Trinajstić information content (AvgIpc) is 2.74. The monoisotopic (exact) mass is 426 g/mol. The molecule has 1 N–H and O–H groups in total. The molecule has 1 aliphatic heterocycles. The van der Waals surface area contributed by atoms with Crippen molar-refractivity contribution in [2.75, 3.05) is 11.9 Å². The van der Waals surface area contributed by atoms with E-state index in [0.717, 1.165) is 11.1 Å². The maximum absolute atomic E-state index is 13.2. The summed E-state index contributed by atoms with van der Waals surface area (Å²) in [5.74, 6) is -0.456. The van der Waals surface area contributed by atoms with Crippen molar-refractivity contribution in [2.45, 2.75) is 17.9 Å². The number of hydrogen-bond acceptors (Lipinski definition) is 3. The number of carbonyl (C=O) groups excluding carboxylic acids is 1. The predicted octanol–water partition coefficient (Wildman–Crippen LogP) is 4.34. The minimum atomic E-state index is -3.76. The fourth-order valence-corrected chi connectivity index (χ4v) is 5.03. The van der Waals surface area contributed by atoms with E-state index >= 15 is 0 Å². The maximum Gasteiger partial charge on any atom is 0.257 e. The molecule has 0 bridgehead atoms. The number of nitrogens with zero attached hydrogens (tertiary/aromatic N) is 1. The summed E-state index contributed by atoms with van der Waals surface area (Å²) in [6.07, 6.45) is 0.657. The lowest BCUT2D eigenvalue weighted by molar-refractivity contribution is 0.102. The van der Waals surface area contributed by atoms with E-state index in [2.05, 4.69) is 5.32 Å². The Labute approximate surface area is 175 Å². The van der Waals surface area contributed by atoms with Gasteiger partial charge in [-0.15, -0.1) is 0 Å². The smallest absolute Gasteiger partial charge is 0.257 e. The Kier molecular flexibility index (Phi) is 5.41. The number of para-hydroxylation sites is 1. The first-order valence-corrected chi connectivity index (χ1v) is 11.0. The Hall–Kier alpha value is -2.67. The van der Waals surface area contributed by atoms with E-state index in [1.807, 2.05) is 30.3 Å². The second-order valence-electron chi connectivity index (χ2n) is 6.82. The summed E-state index contributed by atoms with van der Waals surface area (Å²) in [5.41, 5.74) is 2.89. The van der Waals surface area contributed by atoms with Gasteiger partial charge < -0.3 is 5.32 Å². The molecule has 3 aromatic rings. The molecule has 148 valence electrons. The minimum Gasteiger partial charge on any atom is -0.322 e. The molecule has 0 saturated carbocycles. The summed E-state index contributed by atoms with van der Waals surface area (Å²) in [6.45, 7) is 0.709. The van der Waals surface area contributed by atoms with Crippen LogP contribution in [-0.4, -0.2) is 25.2 Å². The third-order valence-corrected chi connectivity index (χ3v) is 7.12. The molecule has 0 aliphatic carbocycles. The highest BCUT2D eigenvalue weighted by Crippen LogP contribution is 2.28. The highest BCUT2D eigenvalue weighted by molar-refractivity contribution is 7.89. The van der Waals surface area contributed by atoms with Crippen LogP contribution in [0.1, 0.15) is 21.5 Å². The molecular formula is C22H19ClN2O3S. The molecule has 0 radical (unpaired) electrons. The molecule has 0 fully saturated rings. The second-order valence-corrected chi connectivity index (χ2v) is 9.16. The number of rotatable bonds is 4. The lowest BCUT2D eigenvalue weighted by Crippen LogP contribution is -2.36. The molecule has 1 amide bonds. The summed E-state index contributed by atoms with van der Waals surface area (Å²) >= 11 is 6.19. The Morgan fingerprint density at radius 2 is 1.62 bits per heavy atom. The van der Waals surface area contributed by atoms with Crippen molar-refractivity contribution < 1.29 is 13.2 Å². The third-order valence-electron chi connectivity index (χ3n) is 4.95. The number of benzene rings is 3. The van der Waals surface area contributed by atoms with Crippen LogP contribution in [0.4, 0.5) is 5.69 Å². The predicted molar refractivity (Wildman–Crippen MR) is 114 cm³/mol. The van der Waals surface area contributed by atoms with Crippen LogP contribution in [-0.2, 0) is 23.0 Å². The van der Waals surface area contributed by atoms with Gasteiger partial charge in [0.15, 0.2) is 0 Å². The van der Waals surface area contributed by atoms with Crippen molar-refractivity contribution in [1.29, 1.82) is 0 Å². The zero-order valence-corrected chi connectivity index (χ0v) is 17.1. The van der Waals surface area contributed by atoms with E-state index in [9.17, 15) is 13.2 Å². The highest BCUT2D eigenvalue weighted by atomic mass is 35.5. The van der Waals surface area contributed by atoms with E-state index in [-0.39, 0.29) is 15.5 Å². The molecule has 3 aromatic carbocycles. The van der Waals surface area contributed by atoms with Gasteiger partial charge in [-0.1, -0.05) is 54.1 Å². The van der Waals surface area contributed by atoms with Crippen molar-refractivity contribution in [3.8, 4) is 0 Å². The number of sulfonamides is 1. The van der Waals surface area contributed by atoms with E-state index in [4.69, 9.17) is 11.6 Å². The number of nitrogens with one attached hydrogen (secondary N) is 1. The van der Waals surface area contributed by atoms with E-state index in [1.165, 1.54) is 22.5 Å². The Morgan fingerprint density at radius 3 is 2.38 bits per heavy atom. The van der Waals surface area contributed by atoms with Crippen LogP contribution in [0.5, 0.6) is 0 Å². The average molecular weight is 427 g/mol. The molecule has 29 heavy (non-hydrogen) atoms. The maximum atomic E-state index is 13.2. The van der Waals surface area contributed by atoms with Crippen molar-refractivity contribution in [2.24, 2.45) is 0 Å². The zero-order chi connectivity index (χ0) is 20.4. The quantitative estimate of drug-likeness (QED) is 0.674. The topological polar surface area (TPSA) is 66.5 Å². The molecule has 0 unspecified atom stereocenters. The van der Waals surface area contributed by atoms with E-state index in [0.29, 0.717) is 25.2 Å². The van der Waals surface area contributed by atoms with Gasteiger partial charge in [-0.25, -0.2) is 8.42 Å². The van der Waals surface area contributed by atoms with Gasteiger partial charge in [0, 0.05) is 18.8 Å². The standard InChI is InChI=1S/C22H19ClN2O3S/c23-21-11-10-19(14-20(21)22(26)24-18-8-2-1-3-9-18)29(27,28)25-13-12-16-6-4-5-7-17(16)15-25/h1-11,14H,12-13,15H2,(H,24,26). The summed E-state index contributed by atoms with van der Waals surface area (Å²) in [4.78, 5) is 12.7. The molecule has 1 heterocycles. The van der Waals surface area contributed by atoms with Gasteiger partial charge in [-0.05, 0) is 47.9 Å². The molecule has 5 nitrogen and oxygen atoms in total. The van der Waals surface area contributed by atoms with Gasteiger partial charge in [0.05, 0.1) is 15.5 Å². The Balaban J connectivity index is 1.62. The van der Waals surface area contributed by atoms with Crippen LogP contribution in [0.2, 0.25) is 5.02 Å². The normalized spacial score (nSPS) is 14.2. The number of amides is 1. The van der Waals surface area contributed by atoms with Crippen LogP contribution in [0, 0.1) is 0 Å². The number of carbonyl (C=O) groups is 1. The van der Waals surface area contributed by atoms with Gasteiger partial charge in [-0.2, -0.15) is 4.31 Å². The molecule has 0 spiro atoms. The zero-order valence-electron chi connectivity index (χ0n) is 15.5. The molecule has 7 heteroatoms. The molecule has 1 aliphatic rings. The first-order valence-electron chi connectivity index (χ1n) is 9.18. The number of fused-ring (bicyclic) bond motifs is 1. The minimum absolute atomic E-state index is 0.0551. The summed E-state index contributed by atoms with van der Waals surface area (Å²) in [6, 6.07) is 21.0. The SMILES string of the molecule is O=C(Nc1ccccc1)c1cc(S(=O)(=O)N2CCc3ccccc3C2)ccc1Cl. The van der Waals surface area contributed by atoms with Gasteiger partial charge in [-0.3, -0.25) is 4.79 Å². The van der Waals surface area contributed by atoms with Crippen molar-refractivity contribution in [3.63, 3.8) is 0 Å². The number of halogens is 1. The van der Waals surface area contributed by atoms with Crippen LogP contribution in [0.15, 0.2) is 77.7 Å². The lowest BCUT2D eigenvalue weighted by Gasteiger charge is -2.28. The molecule has 0 aromatic heterocycles. The highest BCUT2D eigenvalue weighted by Gasteiger charge is 2.29. The van der Waals surface area contributed by atoms with Gasteiger partial charge in [0.2, 0.25) is 10.0 Å². The van der Waals surface area contributed by atoms with Gasteiger partial charge in [0.25, 0.3) is 5.91 Å². The largest absolute Gasteiger partial charge is 0.322 e. The van der Waals surface area contributed by atoms with Crippen molar-refractivity contribution in [3.05, 3.63) is 94.5 Å². The van der Waals surface area contributed by atoms with Crippen LogP contribution < -0.4 is 5.32 Å². The van der Waals surface area contributed by atoms with Gasteiger partial charge in [0.1, 0.15) is 0 Å². The van der Waals surface area contributed by atoms with Gasteiger partial charge >= 0.3 is 0 Å². The molecule has 0 atom stereocenters. The lowest BCUT2D eigenvalue weighted by atomic mass is 10.0. The van der Waals surface area contributed by atoms with E-state index in [1.54, 1.807) is 24.3 Å². The summed E-state index contributed by atoms with van der Waals surface area (Å²) < 4.78 is 27.8. The molecular weight excluding hydrogens is 408 g/mol. The van der Waals surface area contributed by atoms with Crippen molar-refractivity contribution in [1.82, 2.24) is 4.31 Å². The first kappa shape index (κ1) is 19.6. The fraction of sp³-hybridized carbons (Fsp3) is 0.136. The third kappa shape index (κ3) is 4.05. The molecule has 0 saturated heterocycles. The Bertz CT molecular complexity index is 1160. The second kappa shape index (κ2) is 7.99. The Morgan fingerprint density at radius 1 is 0.931 bits per heavy atom. The summed E-state index contributed by atoms with van der Waals surface area (Å²) in [7, 11) is -3.76. The molecule has 4 rings (SSSR count). The van der Waals surface area contributed by atoms with Crippen LogP contribution >= 0.6 is 11.6 Å². The number of anilines is 1. The van der Waals surface area contributed by atoms with Crippen molar-refractivity contribution >= 4 is 33.2 Å². The first-order chi connectivity index (χ1) is 13.9. The summed E-state index contributed by atoms with van der Waals surface area (Å²) in [5, 5.41) is 2.93. The fourth-order valence-electron chi connectivity index (χ4n) is 3.38. The van der Waals surface area contributed by atoms with E-state index < -0.39 is 15.9 Å². The van der Waals surface area contributed by atoms with Crippen LogP contribution in [0.3, 0.4) is 0 Å². The van der Waals surface area contributed by atoms with Crippen LogP contribution in [0.25, 0.3) is 0 Å².